The molecule has 0 radical (unpaired) electrons. The fraction of sp³-hybridized carbons (Fsp3) is 0.538. The molecule has 0 aliphatic rings. The maximum atomic E-state index is 13.7. The fourth-order valence-electron chi connectivity index (χ4n) is 4.47. The molecule has 0 saturated heterocycles. The second-order valence-electron chi connectivity index (χ2n) is 9.23. The highest BCUT2D eigenvalue weighted by Crippen LogP contribution is 2.23. The SMILES string of the molecule is CO[Si](CCCN(CCN(CCC[Si](OC)(OC)OC)S(=O)(=O)c1ccccc1)S(=O)(=O)c1ccccc1)(OC)OC. The summed E-state index contributed by atoms with van der Waals surface area (Å²) in [7, 11) is -4.80. The van der Waals surface area contributed by atoms with E-state index in [9.17, 15) is 16.8 Å². The van der Waals surface area contributed by atoms with E-state index in [2.05, 4.69) is 0 Å². The number of hydrogen-bond donors (Lipinski definition) is 0. The molecule has 42 heavy (non-hydrogen) atoms. The molecule has 0 fully saturated rings. The van der Waals surface area contributed by atoms with Gasteiger partial charge in [0, 0.05) is 80.9 Å². The van der Waals surface area contributed by atoms with Gasteiger partial charge in [-0.3, -0.25) is 0 Å². The van der Waals surface area contributed by atoms with Crippen LogP contribution in [-0.4, -0.2) is 112 Å². The molecule has 0 aliphatic carbocycles. The summed E-state index contributed by atoms with van der Waals surface area (Å²) in [6.45, 7) is 0.0566. The predicted octanol–water partition coefficient (Wildman–Crippen LogP) is 2.90. The Morgan fingerprint density at radius 2 is 0.786 bits per heavy atom. The van der Waals surface area contributed by atoms with Gasteiger partial charge in [0.1, 0.15) is 0 Å². The van der Waals surface area contributed by atoms with Crippen LogP contribution in [0.1, 0.15) is 12.8 Å². The lowest BCUT2D eigenvalue weighted by molar-refractivity contribution is 0.121. The van der Waals surface area contributed by atoms with E-state index in [-0.39, 0.29) is 36.0 Å². The minimum Gasteiger partial charge on any atom is -0.377 e. The van der Waals surface area contributed by atoms with Crippen molar-refractivity contribution in [1.29, 1.82) is 0 Å². The van der Waals surface area contributed by atoms with Gasteiger partial charge in [0.2, 0.25) is 20.0 Å². The van der Waals surface area contributed by atoms with Crippen LogP contribution in [-0.2, 0) is 46.6 Å². The minimum absolute atomic E-state index is 0.0772. The lowest BCUT2D eigenvalue weighted by Crippen LogP contribution is -2.45. The third kappa shape index (κ3) is 9.47. The highest BCUT2D eigenvalue weighted by atomic mass is 32.2. The van der Waals surface area contributed by atoms with Crippen LogP contribution < -0.4 is 0 Å². The molecule has 16 heteroatoms. The first-order chi connectivity index (χ1) is 20.0. The molecule has 0 saturated carbocycles. The van der Waals surface area contributed by atoms with E-state index in [0.29, 0.717) is 24.9 Å². The summed E-state index contributed by atoms with van der Waals surface area (Å²) < 4.78 is 90.4. The molecule has 0 N–H and O–H groups in total. The normalized spacial score (nSPS) is 13.2. The quantitative estimate of drug-likeness (QED) is 0.184. The van der Waals surface area contributed by atoms with Gasteiger partial charge in [0.25, 0.3) is 0 Å². The Hall–Kier alpha value is -1.55. The van der Waals surface area contributed by atoms with Crippen LogP contribution in [0.3, 0.4) is 0 Å². The van der Waals surface area contributed by atoms with Crippen molar-refractivity contribution >= 4 is 37.7 Å². The van der Waals surface area contributed by atoms with Crippen molar-refractivity contribution in [3.8, 4) is 0 Å². The third-order valence-corrected chi connectivity index (χ3v) is 16.5. The molecule has 0 atom stereocenters. The summed E-state index contributed by atoms with van der Waals surface area (Å²) in [5.41, 5.74) is 0. The number of hydrogen-bond acceptors (Lipinski definition) is 10. The van der Waals surface area contributed by atoms with E-state index >= 15 is 0 Å². The monoisotopic (exact) mass is 664 g/mol. The molecule has 2 aromatic carbocycles. The van der Waals surface area contributed by atoms with E-state index in [1.165, 1.54) is 75.5 Å². The van der Waals surface area contributed by atoms with Crippen LogP contribution in [0.15, 0.2) is 70.5 Å². The van der Waals surface area contributed by atoms with E-state index in [4.69, 9.17) is 26.6 Å². The van der Waals surface area contributed by atoms with Gasteiger partial charge in [-0.15, -0.1) is 0 Å². The molecule has 0 aromatic heterocycles. The molecule has 238 valence electrons. The van der Waals surface area contributed by atoms with Crippen LogP contribution in [0.5, 0.6) is 0 Å². The minimum atomic E-state index is -3.95. The summed E-state index contributed by atoms with van der Waals surface area (Å²) in [6, 6.07) is 16.9. The van der Waals surface area contributed by atoms with Crippen molar-refractivity contribution in [1.82, 2.24) is 8.61 Å². The second kappa shape index (κ2) is 17.1. The Kier molecular flexibility index (Phi) is 14.9. The Morgan fingerprint density at radius 3 is 1.05 bits per heavy atom. The highest BCUT2D eigenvalue weighted by molar-refractivity contribution is 7.89. The Bertz CT molecular complexity index is 1150. The number of nitrogens with zero attached hydrogens (tertiary/aromatic N) is 2. The van der Waals surface area contributed by atoms with Crippen molar-refractivity contribution in [2.24, 2.45) is 0 Å². The first-order valence-electron chi connectivity index (χ1n) is 13.4. The number of rotatable bonds is 21. The zero-order valence-corrected chi connectivity index (χ0v) is 28.9. The van der Waals surface area contributed by atoms with Gasteiger partial charge in [0.05, 0.1) is 9.79 Å². The van der Waals surface area contributed by atoms with Crippen LogP contribution in [0.25, 0.3) is 0 Å². The lowest BCUT2D eigenvalue weighted by Gasteiger charge is -2.29. The van der Waals surface area contributed by atoms with E-state index in [0.717, 1.165) is 0 Å². The maximum absolute atomic E-state index is 13.7. The van der Waals surface area contributed by atoms with Crippen LogP contribution in [0, 0.1) is 0 Å². The zero-order chi connectivity index (χ0) is 31.3. The van der Waals surface area contributed by atoms with Crippen molar-refractivity contribution in [3.05, 3.63) is 60.7 Å². The molecule has 0 bridgehead atoms. The van der Waals surface area contributed by atoms with Crippen molar-refractivity contribution in [3.63, 3.8) is 0 Å². The van der Waals surface area contributed by atoms with Crippen LogP contribution in [0.4, 0.5) is 0 Å². The van der Waals surface area contributed by atoms with E-state index < -0.39 is 37.7 Å². The van der Waals surface area contributed by atoms with Gasteiger partial charge in [-0.05, 0) is 37.1 Å². The van der Waals surface area contributed by atoms with Crippen molar-refractivity contribution in [2.75, 3.05) is 68.8 Å². The Labute approximate surface area is 253 Å². The number of benzene rings is 2. The van der Waals surface area contributed by atoms with Crippen LogP contribution >= 0.6 is 0 Å². The van der Waals surface area contributed by atoms with Crippen molar-refractivity contribution in [2.45, 2.75) is 34.7 Å². The first-order valence-corrected chi connectivity index (χ1v) is 20.2. The Morgan fingerprint density at radius 1 is 0.500 bits per heavy atom. The molecule has 0 unspecified atom stereocenters. The van der Waals surface area contributed by atoms with Gasteiger partial charge in [-0.2, -0.15) is 8.61 Å². The standard InChI is InChI=1S/C26H44N2O10S2Si2/c1-33-41(34-2,35-3)23-13-19-27(39(29,30)25-15-9-7-10-16-25)21-22-28(20-14-24-42(36-4,37-5)38-6)40(31,32)26-17-11-8-12-18-26/h7-12,15-18H,13-14,19-24H2,1-6H3. The molecular weight excluding hydrogens is 621 g/mol. The Balaban J connectivity index is 2.36. The molecule has 2 rings (SSSR count). The first kappa shape index (κ1) is 36.6. The van der Waals surface area contributed by atoms with Gasteiger partial charge >= 0.3 is 17.6 Å². The molecule has 0 amide bonds. The largest absolute Gasteiger partial charge is 0.500 e. The molecule has 2 aromatic rings. The summed E-state index contributed by atoms with van der Waals surface area (Å²) in [5, 5.41) is 0. The van der Waals surface area contributed by atoms with Gasteiger partial charge in [-0.25, -0.2) is 16.8 Å². The van der Waals surface area contributed by atoms with Gasteiger partial charge in [0.15, 0.2) is 0 Å². The molecular formula is C26H44N2O10S2Si2. The van der Waals surface area contributed by atoms with E-state index in [1.54, 1.807) is 36.4 Å². The fourth-order valence-corrected chi connectivity index (χ4v) is 10.9. The molecule has 0 aliphatic heterocycles. The second-order valence-corrected chi connectivity index (χ2v) is 19.3. The lowest BCUT2D eigenvalue weighted by atomic mass is 10.4. The van der Waals surface area contributed by atoms with Crippen LogP contribution in [0.2, 0.25) is 12.1 Å². The average molecular weight is 665 g/mol. The van der Waals surface area contributed by atoms with E-state index in [1.807, 2.05) is 0 Å². The summed E-state index contributed by atoms with van der Waals surface area (Å²) >= 11 is 0. The molecule has 0 spiro atoms. The topological polar surface area (TPSA) is 130 Å². The maximum Gasteiger partial charge on any atom is 0.500 e. The number of sulfonamides is 2. The van der Waals surface area contributed by atoms with Gasteiger partial charge in [-0.1, -0.05) is 36.4 Å². The molecule has 0 heterocycles. The molecule has 12 nitrogen and oxygen atoms in total. The predicted molar refractivity (Wildman–Crippen MR) is 163 cm³/mol. The average Bonchev–Trinajstić information content (AvgIpc) is 3.03. The third-order valence-electron chi connectivity index (χ3n) is 7.01. The zero-order valence-electron chi connectivity index (χ0n) is 25.2. The summed E-state index contributed by atoms with van der Waals surface area (Å²) in [4.78, 5) is 0.236. The summed E-state index contributed by atoms with van der Waals surface area (Å²) in [6.07, 6.45) is 0.756. The smallest absolute Gasteiger partial charge is 0.377 e. The van der Waals surface area contributed by atoms with Crippen molar-refractivity contribution < 1.29 is 43.4 Å². The van der Waals surface area contributed by atoms with Gasteiger partial charge < -0.3 is 26.6 Å². The highest BCUT2D eigenvalue weighted by Gasteiger charge is 2.39. The summed E-state index contributed by atoms with van der Waals surface area (Å²) in [5.74, 6) is 0.